The predicted molar refractivity (Wildman–Crippen MR) is 92.4 cm³/mol. The van der Waals surface area contributed by atoms with E-state index in [1.807, 2.05) is 0 Å². The van der Waals surface area contributed by atoms with Crippen LogP contribution in [0, 0.1) is 17.3 Å². The van der Waals surface area contributed by atoms with Crippen molar-refractivity contribution in [2.75, 3.05) is 13.1 Å². The Kier molecular flexibility index (Phi) is 6.14. The Morgan fingerprint density at radius 3 is 2.43 bits per heavy atom. The van der Waals surface area contributed by atoms with Gasteiger partial charge < -0.3 is 5.73 Å². The summed E-state index contributed by atoms with van der Waals surface area (Å²) in [5, 5.41) is 0. The van der Waals surface area contributed by atoms with E-state index in [4.69, 9.17) is 5.73 Å². The SMILES string of the molecule is CCC1CCN(C2CCCC(C(C)(C)C)CC2)C(CN)C1. The molecule has 1 saturated carbocycles. The van der Waals surface area contributed by atoms with E-state index in [-0.39, 0.29) is 0 Å². The van der Waals surface area contributed by atoms with Crippen molar-refractivity contribution in [1.29, 1.82) is 0 Å². The zero-order chi connectivity index (χ0) is 15.5. The van der Waals surface area contributed by atoms with Gasteiger partial charge in [-0.2, -0.15) is 0 Å². The highest BCUT2D eigenvalue weighted by molar-refractivity contribution is 4.89. The Balaban J connectivity index is 1.95. The monoisotopic (exact) mass is 294 g/mol. The maximum Gasteiger partial charge on any atom is 0.0223 e. The summed E-state index contributed by atoms with van der Waals surface area (Å²) in [6.07, 6.45) is 11.1. The number of piperidine rings is 1. The number of nitrogens with two attached hydrogens (primary N) is 1. The predicted octanol–water partition coefficient (Wildman–Crippen LogP) is 4.43. The normalized spacial score (nSPS) is 36.4. The van der Waals surface area contributed by atoms with Gasteiger partial charge in [-0.1, -0.05) is 40.5 Å². The highest BCUT2D eigenvalue weighted by Crippen LogP contribution is 2.39. The summed E-state index contributed by atoms with van der Waals surface area (Å²) in [5.41, 5.74) is 6.59. The fraction of sp³-hybridized carbons (Fsp3) is 1.00. The van der Waals surface area contributed by atoms with Crippen molar-refractivity contribution in [1.82, 2.24) is 4.90 Å². The van der Waals surface area contributed by atoms with Gasteiger partial charge in [-0.05, 0) is 62.3 Å². The van der Waals surface area contributed by atoms with Crippen LogP contribution in [-0.4, -0.2) is 30.1 Å². The summed E-state index contributed by atoms with van der Waals surface area (Å²) in [6.45, 7) is 11.8. The zero-order valence-corrected chi connectivity index (χ0v) is 14.9. The maximum absolute atomic E-state index is 6.11. The second-order valence-corrected chi connectivity index (χ2v) is 8.65. The van der Waals surface area contributed by atoms with E-state index in [2.05, 4.69) is 32.6 Å². The summed E-state index contributed by atoms with van der Waals surface area (Å²) in [5.74, 6) is 1.83. The molecule has 2 nitrogen and oxygen atoms in total. The minimum Gasteiger partial charge on any atom is -0.329 e. The van der Waals surface area contributed by atoms with Crippen molar-refractivity contribution in [2.45, 2.75) is 91.1 Å². The molecule has 0 bridgehead atoms. The van der Waals surface area contributed by atoms with Crippen molar-refractivity contribution >= 4 is 0 Å². The molecule has 2 rings (SSSR count). The summed E-state index contributed by atoms with van der Waals surface area (Å²) in [7, 11) is 0. The molecule has 1 aliphatic carbocycles. The van der Waals surface area contributed by atoms with Crippen LogP contribution >= 0.6 is 0 Å². The van der Waals surface area contributed by atoms with Gasteiger partial charge in [0, 0.05) is 18.6 Å². The highest BCUT2D eigenvalue weighted by Gasteiger charge is 2.34. The van der Waals surface area contributed by atoms with Crippen molar-refractivity contribution in [2.24, 2.45) is 23.0 Å². The minimum absolute atomic E-state index is 0.483. The van der Waals surface area contributed by atoms with Crippen LogP contribution in [0.5, 0.6) is 0 Å². The largest absolute Gasteiger partial charge is 0.329 e. The van der Waals surface area contributed by atoms with Gasteiger partial charge in [-0.25, -0.2) is 0 Å². The zero-order valence-electron chi connectivity index (χ0n) is 14.9. The van der Waals surface area contributed by atoms with E-state index in [1.54, 1.807) is 0 Å². The first-order chi connectivity index (χ1) is 9.95. The molecule has 2 aliphatic rings. The minimum atomic E-state index is 0.483. The van der Waals surface area contributed by atoms with Crippen molar-refractivity contribution < 1.29 is 0 Å². The third-order valence-corrected chi connectivity index (χ3v) is 6.35. The van der Waals surface area contributed by atoms with Crippen LogP contribution in [0.4, 0.5) is 0 Å². The Morgan fingerprint density at radius 1 is 1.05 bits per heavy atom. The van der Waals surface area contributed by atoms with Crippen LogP contribution < -0.4 is 5.73 Å². The number of hydrogen-bond acceptors (Lipinski definition) is 2. The first-order valence-electron chi connectivity index (χ1n) is 9.41. The van der Waals surface area contributed by atoms with E-state index in [0.29, 0.717) is 11.5 Å². The maximum atomic E-state index is 6.11. The molecule has 124 valence electrons. The second-order valence-electron chi connectivity index (χ2n) is 8.65. The quantitative estimate of drug-likeness (QED) is 0.780. The van der Waals surface area contributed by atoms with Gasteiger partial charge >= 0.3 is 0 Å². The van der Waals surface area contributed by atoms with E-state index in [1.165, 1.54) is 57.9 Å². The highest BCUT2D eigenvalue weighted by atomic mass is 15.2. The molecule has 0 amide bonds. The van der Waals surface area contributed by atoms with Gasteiger partial charge in [-0.15, -0.1) is 0 Å². The lowest BCUT2D eigenvalue weighted by Crippen LogP contribution is -2.51. The molecule has 0 aromatic carbocycles. The van der Waals surface area contributed by atoms with Crippen LogP contribution in [0.25, 0.3) is 0 Å². The van der Waals surface area contributed by atoms with Gasteiger partial charge in [0.25, 0.3) is 0 Å². The van der Waals surface area contributed by atoms with Crippen LogP contribution in [0.3, 0.4) is 0 Å². The van der Waals surface area contributed by atoms with E-state index in [0.717, 1.165) is 24.4 Å². The molecule has 0 aromatic heterocycles. The van der Waals surface area contributed by atoms with Crippen LogP contribution in [0.1, 0.15) is 79.1 Å². The lowest BCUT2D eigenvalue weighted by molar-refractivity contribution is 0.0615. The Bertz CT molecular complexity index is 307. The van der Waals surface area contributed by atoms with Gasteiger partial charge in [0.15, 0.2) is 0 Å². The van der Waals surface area contributed by atoms with Crippen LogP contribution in [0.2, 0.25) is 0 Å². The molecule has 0 radical (unpaired) electrons. The molecule has 2 N–H and O–H groups in total. The van der Waals surface area contributed by atoms with E-state index in [9.17, 15) is 0 Å². The van der Waals surface area contributed by atoms with Gasteiger partial charge in [0.2, 0.25) is 0 Å². The van der Waals surface area contributed by atoms with Crippen molar-refractivity contribution in [3.63, 3.8) is 0 Å². The molecule has 4 unspecified atom stereocenters. The number of nitrogens with zero attached hydrogens (tertiary/aromatic N) is 1. The third kappa shape index (κ3) is 4.45. The van der Waals surface area contributed by atoms with Gasteiger partial charge in [0.1, 0.15) is 0 Å². The lowest BCUT2D eigenvalue weighted by Gasteiger charge is -2.43. The summed E-state index contributed by atoms with van der Waals surface area (Å²) < 4.78 is 0. The first-order valence-corrected chi connectivity index (χ1v) is 9.41. The van der Waals surface area contributed by atoms with Crippen LogP contribution in [-0.2, 0) is 0 Å². The first kappa shape index (κ1) is 17.3. The second kappa shape index (κ2) is 7.46. The average molecular weight is 295 g/mol. The number of likely N-dealkylation sites (tertiary alicyclic amines) is 1. The summed E-state index contributed by atoms with van der Waals surface area (Å²) >= 11 is 0. The Morgan fingerprint density at radius 2 is 1.81 bits per heavy atom. The molecule has 1 saturated heterocycles. The van der Waals surface area contributed by atoms with Crippen LogP contribution in [0.15, 0.2) is 0 Å². The Labute approximate surface area is 132 Å². The smallest absolute Gasteiger partial charge is 0.0223 e. The molecule has 1 heterocycles. The molecule has 0 spiro atoms. The molecule has 2 heteroatoms. The average Bonchev–Trinajstić information content (AvgIpc) is 2.72. The lowest BCUT2D eigenvalue weighted by atomic mass is 9.76. The third-order valence-electron chi connectivity index (χ3n) is 6.35. The molecule has 21 heavy (non-hydrogen) atoms. The fourth-order valence-corrected chi connectivity index (χ4v) is 4.72. The number of hydrogen-bond donors (Lipinski definition) is 1. The molecule has 1 aliphatic heterocycles. The Hall–Kier alpha value is -0.0800. The fourth-order valence-electron chi connectivity index (χ4n) is 4.72. The topological polar surface area (TPSA) is 29.3 Å². The molecular formula is C19H38N2. The van der Waals surface area contributed by atoms with Crippen molar-refractivity contribution in [3.05, 3.63) is 0 Å². The van der Waals surface area contributed by atoms with Crippen molar-refractivity contribution in [3.8, 4) is 0 Å². The summed E-state index contributed by atoms with van der Waals surface area (Å²) in [6, 6.07) is 1.46. The standard InChI is InChI=1S/C19H38N2/c1-5-15-11-12-21(18(13-15)14-20)17-8-6-7-16(9-10-17)19(2,3)4/h15-18H,5-14,20H2,1-4H3. The van der Waals surface area contributed by atoms with Gasteiger partial charge in [0.05, 0.1) is 0 Å². The summed E-state index contributed by atoms with van der Waals surface area (Å²) in [4.78, 5) is 2.80. The molecular weight excluding hydrogens is 256 g/mol. The molecule has 2 fully saturated rings. The number of rotatable bonds is 3. The molecule has 0 aromatic rings. The molecule has 4 atom stereocenters. The van der Waals surface area contributed by atoms with E-state index < -0.39 is 0 Å². The van der Waals surface area contributed by atoms with E-state index >= 15 is 0 Å². The van der Waals surface area contributed by atoms with Gasteiger partial charge in [-0.3, -0.25) is 4.90 Å².